The van der Waals surface area contributed by atoms with Gasteiger partial charge < -0.3 is 9.47 Å². The van der Waals surface area contributed by atoms with E-state index in [2.05, 4.69) is 41.1 Å². The number of alkyl halides is 1. The van der Waals surface area contributed by atoms with Gasteiger partial charge >= 0.3 is 0 Å². The van der Waals surface area contributed by atoms with E-state index in [1.165, 1.54) is 24.8 Å². The number of ether oxygens (including phenoxy) is 2. The summed E-state index contributed by atoms with van der Waals surface area (Å²) in [7, 11) is 1.70. The number of hydrogen-bond donors (Lipinski definition) is 0. The second kappa shape index (κ2) is 6.07. The van der Waals surface area contributed by atoms with Crippen LogP contribution in [0.25, 0.3) is 0 Å². The molecule has 18 heavy (non-hydrogen) atoms. The molecule has 3 heteroatoms. The molecule has 0 radical (unpaired) electrons. The normalized spacial score (nSPS) is 27.4. The summed E-state index contributed by atoms with van der Waals surface area (Å²) in [6, 6.07) is 8.41. The third-order valence-corrected chi connectivity index (χ3v) is 4.55. The monoisotopic (exact) mass is 312 g/mol. The van der Waals surface area contributed by atoms with Crippen molar-refractivity contribution < 1.29 is 9.47 Å². The van der Waals surface area contributed by atoms with E-state index in [0.29, 0.717) is 18.0 Å². The van der Waals surface area contributed by atoms with Gasteiger partial charge in [-0.25, -0.2) is 0 Å². The molecule has 0 heterocycles. The van der Waals surface area contributed by atoms with Crippen molar-refractivity contribution in [1.29, 1.82) is 0 Å². The Bertz CT molecular complexity index is 394. The Morgan fingerprint density at radius 1 is 1.33 bits per heavy atom. The molecule has 0 saturated heterocycles. The van der Waals surface area contributed by atoms with Crippen LogP contribution in [0.4, 0.5) is 0 Å². The van der Waals surface area contributed by atoms with Crippen molar-refractivity contribution in [2.75, 3.05) is 20.3 Å². The van der Waals surface area contributed by atoms with Gasteiger partial charge in [0, 0.05) is 17.5 Å². The Kier molecular flexibility index (Phi) is 4.68. The molecule has 0 bridgehead atoms. The van der Waals surface area contributed by atoms with Gasteiger partial charge in [0.05, 0.1) is 6.61 Å². The van der Waals surface area contributed by atoms with Gasteiger partial charge in [-0.1, -0.05) is 41.1 Å². The lowest BCUT2D eigenvalue weighted by Gasteiger charge is -2.27. The second-order valence-electron chi connectivity index (χ2n) is 5.24. The first kappa shape index (κ1) is 13.9. The quantitative estimate of drug-likeness (QED) is 0.606. The van der Waals surface area contributed by atoms with Crippen LogP contribution in [0.15, 0.2) is 24.3 Å². The van der Waals surface area contributed by atoms with Crippen molar-refractivity contribution in [3.05, 3.63) is 29.8 Å². The van der Waals surface area contributed by atoms with Crippen LogP contribution in [-0.4, -0.2) is 25.2 Å². The van der Waals surface area contributed by atoms with Crippen LogP contribution in [-0.2, 0) is 10.2 Å². The Morgan fingerprint density at radius 3 is 2.78 bits per heavy atom. The van der Waals surface area contributed by atoms with Gasteiger partial charge in [0.15, 0.2) is 0 Å². The third kappa shape index (κ3) is 3.07. The molecule has 2 atom stereocenters. The molecule has 0 spiro atoms. The van der Waals surface area contributed by atoms with Gasteiger partial charge in [-0.2, -0.15) is 0 Å². The summed E-state index contributed by atoms with van der Waals surface area (Å²) in [6.07, 6.45) is 3.63. The third-order valence-electron chi connectivity index (χ3n) is 3.76. The molecule has 1 aliphatic rings. The molecule has 0 aliphatic heterocycles. The fraction of sp³-hybridized carbons (Fsp3) is 0.600. The molecule has 0 N–H and O–H groups in total. The summed E-state index contributed by atoms with van der Waals surface area (Å²) < 4.78 is 10.9. The molecule has 1 fully saturated rings. The zero-order chi connectivity index (χ0) is 13.0. The summed E-state index contributed by atoms with van der Waals surface area (Å²) in [5.74, 6) is 1.01. The smallest absolute Gasteiger partial charge is 0.123 e. The van der Waals surface area contributed by atoms with Crippen molar-refractivity contribution in [2.45, 2.75) is 36.4 Å². The number of rotatable bonds is 5. The standard InChI is InChI=1S/C15H21BrO2/c1-15(8-7-12(16)11-15)13-5-3-4-6-14(13)18-10-9-17-2/h3-6,12H,7-11H2,1-2H3. The predicted octanol–water partition coefficient (Wildman–Crippen LogP) is 3.92. The molecule has 1 aliphatic carbocycles. The lowest BCUT2D eigenvalue weighted by molar-refractivity contribution is 0.145. The zero-order valence-corrected chi connectivity index (χ0v) is 12.7. The highest BCUT2D eigenvalue weighted by Crippen LogP contribution is 2.46. The summed E-state index contributed by atoms with van der Waals surface area (Å²) in [4.78, 5) is 0.634. The van der Waals surface area contributed by atoms with E-state index in [0.717, 1.165) is 5.75 Å². The maximum Gasteiger partial charge on any atom is 0.123 e. The predicted molar refractivity (Wildman–Crippen MR) is 77.7 cm³/mol. The van der Waals surface area contributed by atoms with Gasteiger partial charge in [-0.15, -0.1) is 0 Å². The van der Waals surface area contributed by atoms with Crippen LogP contribution in [0.5, 0.6) is 5.75 Å². The van der Waals surface area contributed by atoms with Crippen LogP contribution in [0.2, 0.25) is 0 Å². The van der Waals surface area contributed by atoms with E-state index in [-0.39, 0.29) is 5.41 Å². The van der Waals surface area contributed by atoms with Gasteiger partial charge in [0.1, 0.15) is 12.4 Å². The van der Waals surface area contributed by atoms with Crippen molar-refractivity contribution in [2.24, 2.45) is 0 Å². The average molecular weight is 313 g/mol. The van der Waals surface area contributed by atoms with Crippen LogP contribution >= 0.6 is 15.9 Å². The van der Waals surface area contributed by atoms with Crippen LogP contribution < -0.4 is 4.74 Å². The van der Waals surface area contributed by atoms with E-state index in [1.807, 2.05) is 6.07 Å². The first-order valence-corrected chi connectivity index (χ1v) is 7.42. The summed E-state index contributed by atoms with van der Waals surface area (Å²) in [5, 5.41) is 0. The molecule has 0 amide bonds. The van der Waals surface area contributed by atoms with Crippen molar-refractivity contribution >= 4 is 15.9 Å². The number of halogens is 1. The van der Waals surface area contributed by atoms with Crippen molar-refractivity contribution in [1.82, 2.24) is 0 Å². The van der Waals surface area contributed by atoms with Gasteiger partial charge in [0.2, 0.25) is 0 Å². The SMILES string of the molecule is COCCOc1ccccc1C1(C)CCC(Br)C1. The Labute approximate surface area is 118 Å². The van der Waals surface area contributed by atoms with Crippen LogP contribution in [0.3, 0.4) is 0 Å². The van der Waals surface area contributed by atoms with Crippen molar-refractivity contribution in [3.63, 3.8) is 0 Å². The topological polar surface area (TPSA) is 18.5 Å². The highest BCUT2D eigenvalue weighted by molar-refractivity contribution is 9.09. The molecule has 2 unspecified atom stereocenters. The largest absolute Gasteiger partial charge is 0.491 e. The number of para-hydroxylation sites is 1. The van der Waals surface area contributed by atoms with E-state index in [1.54, 1.807) is 7.11 Å². The fourth-order valence-electron chi connectivity index (χ4n) is 2.74. The van der Waals surface area contributed by atoms with Gasteiger partial charge in [-0.05, 0) is 30.7 Å². The summed E-state index contributed by atoms with van der Waals surface area (Å²) >= 11 is 3.74. The minimum atomic E-state index is 0.234. The fourth-order valence-corrected chi connectivity index (χ4v) is 3.68. The Hall–Kier alpha value is -0.540. The van der Waals surface area contributed by atoms with E-state index < -0.39 is 0 Å². The average Bonchev–Trinajstić information content (AvgIpc) is 2.71. The summed E-state index contributed by atoms with van der Waals surface area (Å²) in [6.45, 7) is 3.58. The molecule has 1 saturated carbocycles. The minimum absolute atomic E-state index is 0.234. The highest BCUT2D eigenvalue weighted by atomic mass is 79.9. The lowest BCUT2D eigenvalue weighted by Crippen LogP contribution is -2.20. The number of hydrogen-bond acceptors (Lipinski definition) is 2. The zero-order valence-electron chi connectivity index (χ0n) is 11.1. The molecule has 1 aromatic carbocycles. The van der Waals surface area contributed by atoms with Crippen LogP contribution in [0.1, 0.15) is 31.7 Å². The molecule has 2 nitrogen and oxygen atoms in total. The first-order valence-electron chi connectivity index (χ1n) is 6.51. The number of benzene rings is 1. The maximum absolute atomic E-state index is 5.85. The molecule has 0 aromatic heterocycles. The molecule has 2 rings (SSSR count). The Morgan fingerprint density at radius 2 is 2.11 bits per heavy atom. The first-order chi connectivity index (χ1) is 8.65. The highest BCUT2D eigenvalue weighted by Gasteiger charge is 2.37. The van der Waals surface area contributed by atoms with Crippen LogP contribution in [0, 0.1) is 0 Å². The number of methoxy groups -OCH3 is 1. The second-order valence-corrected chi connectivity index (χ2v) is 6.53. The lowest BCUT2D eigenvalue weighted by atomic mass is 9.80. The van der Waals surface area contributed by atoms with Gasteiger partial charge in [-0.3, -0.25) is 0 Å². The molecule has 100 valence electrons. The van der Waals surface area contributed by atoms with Crippen molar-refractivity contribution in [3.8, 4) is 5.75 Å². The summed E-state index contributed by atoms with van der Waals surface area (Å²) in [5.41, 5.74) is 1.57. The van der Waals surface area contributed by atoms with E-state index >= 15 is 0 Å². The molecule has 1 aromatic rings. The van der Waals surface area contributed by atoms with E-state index in [9.17, 15) is 0 Å². The van der Waals surface area contributed by atoms with Gasteiger partial charge in [0.25, 0.3) is 0 Å². The maximum atomic E-state index is 5.85. The minimum Gasteiger partial charge on any atom is -0.491 e. The molecular formula is C15H21BrO2. The molecular weight excluding hydrogens is 292 g/mol. The Balaban J connectivity index is 2.16. The van der Waals surface area contributed by atoms with E-state index in [4.69, 9.17) is 9.47 Å².